The van der Waals surface area contributed by atoms with Crippen molar-refractivity contribution in [2.24, 2.45) is 11.1 Å². The first-order valence-electron chi connectivity index (χ1n) is 9.09. The summed E-state index contributed by atoms with van der Waals surface area (Å²) in [4.78, 5) is 24.5. The first kappa shape index (κ1) is 20.0. The summed E-state index contributed by atoms with van der Waals surface area (Å²) in [5.41, 5.74) is 5.82. The van der Waals surface area contributed by atoms with Gasteiger partial charge in [-0.2, -0.15) is 0 Å². The number of ether oxygens (including phenoxy) is 2. The fourth-order valence-electron chi connectivity index (χ4n) is 2.72. The Morgan fingerprint density at radius 3 is 2.46 bits per heavy atom. The predicted molar refractivity (Wildman–Crippen MR) is 100 cm³/mol. The van der Waals surface area contributed by atoms with Crippen molar-refractivity contribution < 1.29 is 19.1 Å². The third-order valence-electron chi connectivity index (χ3n) is 4.95. The van der Waals surface area contributed by atoms with Crippen LogP contribution >= 0.6 is 0 Å². The second-order valence-corrected chi connectivity index (χ2v) is 6.64. The molecule has 7 nitrogen and oxygen atoms in total. The predicted octanol–water partition coefficient (Wildman–Crippen LogP) is 2.06. The SMILES string of the molecule is CCC(CC)(CN)C(=O)Nc1ccc(OC)c(OCC(=O)NC2CC2)c1. The molecule has 0 unspecified atom stereocenters. The van der Waals surface area contributed by atoms with Gasteiger partial charge in [0.15, 0.2) is 18.1 Å². The highest BCUT2D eigenvalue weighted by Gasteiger charge is 2.33. The Morgan fingerprint density at radius 2 is 1.92 bits per heavy atom. The molecule has 2 rings (SSSR count). The molecule has 1 fully saturated rings. The van der Waals surface area contributed by atoms with Crippen LogP contribution in [0.4, 0.5) is 5.69 Å². The van der Waals surface area contributed by atoms with Gasteiger partial charge in [0.1, 0.15) is 0 Å². The number of nitrogens with two attached hydrogens (primary N) is 1. The maximum Gasteiger partial charge on any atom is 0.258 e. The van der Waals surface area contributed by atoms with Crippen molar-refractivity contribution in [3.63, 3.8) is 0 Å². The van der Waals surface area contributed by atoms with Crippen molar-refractivity contribution in [2.75, 3.05) is 25.6 Å². The Kier molecular flexibility index (Phi) is 6.85. The molecule has 4 N–H and O–H groups in total. The van der Waals surface area contributed by atoms with E-state index in [9.17, 15) is 9.59 Å². The topological polar surface area (TPSA) is 103 Å². The summed E-state index contributed by atoms with van der Waals surface area (Å²) >= 11 is 0. The van der Waals surface area contributed by atoms with E-state index in [2.05, 4.69) is 10.6 Å². The van der Waals surface area contributed by atoms with E-state index in [1.54, 1.807) is 18.2 Å². The Morgan fingerprint density at radius 1 is 1.23 bits per heavy atom. The molecule has 2 amide bonds. The smallest absolute Gasteiger partial charge is 0.258 e. The molecule has 0 aromatic heterocycles. The number of amides is 2. The lowest BCUT2D eigenvalue weighted by Gasteiger charge is -2.28. The highest BCUT2D eigenvalue weighted by Crippen LogP contribution is 2.32. The fraction of sp³-hybridized carbons (Fsp3) is 0.579. The molecule has 0 heterocycles. The number of hydrogen-bond acceptors (Lipinski definition) is 5. The van der Waals surface area contributed by atoms with Crippen molar-refractivity contribution in [2.45, 2.75) is 45.6 Å². The van der Waals surface area contributed by atoms with Crippen LogP contribution in [-0.2, 0) is 9.59 Å². The van der Waals surface area contributed by atoms with Crippen LogP contribution in [0.2, 0.25) is 0 Å². The van der Waals surface area contributed by atoms with E-state index in [-0.39, 0.29) is 31.0 Å². The summed E-state index contributed by atoms with van der Waals surface area (Å²) < 4.78 is 10.9. The van der Waals surface area contributed by atoms with Gasteiger partial charge in [0.05, 0.1) is 12.5 Å². The van der Waals surface area contributed by atoms with Crippen LogP contribution in [0.1, 0.15) is 39.5 Å². The Bertz CT molecular complexity index is 631. The Hall–Kier alpha value is -2.28. The molecule has 144 valence electrons. The second-order valence-electron chi connectivity index (χ2n) is 6.64. The molecule has 7 heteroatoms. The van der Waals surface area contributed by atoms with E-state index in [0.29, 0.717) is 30.0 Å². The van der Waals surface area contributed by atoms with E-state index in [1.807, 2.05) is 13.8 Å². The number of nitrogens with one attached hydrogen (secondary N) is 2. The van der Waals surface area contributed by atoms with Crippen molar-refractivity contribution >= 4 is 17.5 Å². The first-order valence-corrected chi connectivity index (χ1v) is 9.09. The molecule has 0 bridgehead atoms. The zero-order valence-corrected chi connectivity index (χ0v) is 15.8. The van der Waals surface area contributed by atoms with E-state index >= 15 is 0 Å². The summed E-state index contributed by atoms with van der Waals surface area (Å²) in [6.07, 6.45) is 3.36. The number of hydrogen-bond donors (Lipinski definition) is 3. The lowest BCUT2D eigenvalue weighted by Crippen LogP contribution is -2.41. The Balaban J connectivity index is 2.07. The zero-order chi connectivity index (χ0) is 19.2. The number of anilines is 1. The number of carbonyl (C=O) groups excluding carboxylic acids is 2. The molecule has 1 aromatic rings. The molecule has 1 aliphatic carbocycles. The minimum atomic E-state index is -0.592. The summed E-state index contributed by atoms with van der Waals surface area (Å²) in [7, 11) is 1.53. The van der Waals surface area contributed by atoms with Gasteiger partial charge in [-0.3, -0.25) is 9.59 Å². The highest BCUT2D eigenvalue weighted by molar-refractivity contribution is 5.95. The van der Waals surface area contributed by atoms with Crippen molar-refractivity contribution in [1.29, 1.82) is 0 Å². The normalized spacial score (nSPS) is 13.8. The van der Waals surface area contributed by atoms with Gasteiger partial charge in [-0.25, -0.2) is 0 Å². The van der Waals surface area contributed by atoms with Gasteiger partial charge in [-0.1, -0.05) is 13.8 Å². The van der Waals surface area contributed by atoms with Crippen LogP contribution in [0.3, 0.4) is 0 Å². The first-order chi connectivity index (χ1) is 12.5. The van der Waals surface area contributed by atoms with E-state index in [0.717, 1.165) is 12.8 Å². The van der Waals surface area contributed by atoms with E-state index < -0.39 is 5.41 Å². The van der Waals surface area contributed by atoms with Gasteiger partial charge in [0, 0.05) is 24.3 Å². The summed E-state index contributed by atoms with van der Waals surface area (Å²) in [6, 6.07) is 5.38. The average molecular weight is 363 g/mol. The number of methoxy groups -OCH3 is 1. The molecule has 1 aromatic carbocycles. The van der Waals surface area contributed by atoms with Crippen LogP contribution in [0.15, 0.2) is 18.2 Å². The third-order valence-corrected chi connectivity index (χ3v) is 4.95. The molecule has 0 radical (unpaired) electrons. The third kappa shape index (κ3) is 4.88. The average Bonchev–Trinajstić information content (AvgIpc) is 3.46. The van der Waals surface area contributed by atoms with Crippen LogP contribution in [-0.4, -0.2) is 38.1 Å². The minimum Gasteiger partial charge on any atom is -0.493 e. The van der Waals surface area contributed by atoms with Crippen LogP contribution in [0.5, 0.6) is 11.5 Å². The van der Waals surface area contributed by atoms with Gasteiger partial charge in [-0.05, 0) is 37.8 Å². The van der Waals surface area contributed by atoms with E-state index in [1.165, 1.54) is 7.11 Å². The highest BCUT2D eigenvalue weighted by atomic mass is 16.5. The van der Waals surface area contributed by atoms with Crippen molar-refractivity contribution in [3.8, 4) is 11.5 Å². The molecule has 0 atom stereocenters. The molecular formula is C19H29N3O4. The summed E-state index contributed by atoms with van der Waals surface area (Å²) in [5.74, 6) is 0.622. The number of carbonyl (C=O) groups is 2. The number of rotatable bonds is 10. The maximum absolute atomic E-state index is 12.7. The number of benzene rings is 1. The molecule has 1 aliphatic rings. The summed E-state index contributed by atoms with van der Waals surface area (Å²) in [6.45, 7) is 4.10. The van der Waals surface area contributed by atoms with Crippen LogP contribution in [0.25, 0.3) is 0 Å². The van der Waals surface area contributed by atoms with Crippen LogP contribution in [0, 0.1) is 5.41 Å². The lowest BCUT2D eigenvalue weighted by atomic mass is 9.81. The second kappa shape index (κ2) is 8.89. The zero-order valence-electron chi connectivity index (χ0n) is 15.8. The standard InChI is InChI=1S/C19H29N3O4/c1-4-19(5-2,12-20)18(24)22-14-8-9-15(25-3)16(10-14)26-11-17(23)21-13-6-7-13/h8-10,13H,4-7,11-12,20H2,1-3H3,(H,21,23)(H,22,24). The maximum atomic E-state index is 12.7. The molecule has 0 aliphatic heterocycles. The van der Waals surface area contributed by atoms with Crippen molar-refractivity contribution in [3.05, 3.63) is 18.2 Å². The van der Waals surface area contributed by atoms with Crippen LogP contribution < -0.4 is 25.8 Å². The molecular weight excluding hydrogens is 334 g/mol. The van der Waals surface area contributed by atoms with Gasteiger partial charge in [0.25, 0.3) is 5.91 Å². The quantitative estimate of drug-likeness (QED) is 0.590. The monoisotopic (exact) mass is 363 g/mol. The van der Waals surface area contributed by atoms with Gasteiger partial charge in [-0.15, -0.1) is 0 Å². The molecule has 0 saturated heterocycles. The lowest BCUT2D eigenvalue weighted by molar-refractivity contribution is -0.125. The Labute approximate surface area is 154 Å². The van der Waals surface area contributed by atoms with Gasteiger partial charge < -0.3 is 25.8 Å². The molecule has 0 spiro atoms. The molecule has 26 heavy (non-hydrogen) atoms. The molecule has 1 saturated carbocycles. The largest absolute Gasteiger partial charge is 0.493 e. The minimum absolute atomic E-state index is 0.0963. The van der Waals surface area contributed by atoms with Crippen molar-refractivity contribution in [1.82, 2.24) is 5.32 Å². The fourth-order valence-corrected chi connectivity index (χ4v) is 2.72. The van der Waals surface area contributed by atoms with Gasteiger partial charge in [0.2, 0.25) is 5.91 Å². The van der Waals surface area contributed by atoms with E-state index in [4.69, 9.17) is 15.2 Å². The summed E-state index contributed by atoms with van der Waals surface area (Å²) in [5, 5.41) is 5.76. The van der Waals surface area contributed by atoms with Gasteiger partial charge >= 0.3 is 0 Å².